The van der Waals surface area contributed by atoms with Gasteiger partial charge in [-0.05, 0) is 32.4 Å². The Labute approximate surface area is 129 Å². The molecule has 1 aromatic carbocycles. The van der Waals surface area contributed by atoms with Crippen LogP contribution in [0.4, 0.5) is 0 Å². The van der Waals surface area contributed by atoms with Crippen molar-refractivity contribution in [1.29, 1.82) is 0 Å². The highest BCUT2D eigenvalue weighted by molar-refractivity contribution is 5.91. The van der Waals surface area contributed by atoms with Crippen molar-refractivity contribution < 1.29 is 14.1 Å². The van der Waals surface area contributed by atoms with Crippen LogP contribution in [0.1, 0.15) is 32.2 Å². The highest BCUT2D eigenvalue weighted by Gasteiger charge is 2.42. The monoisotopic (exact) mass is 297 g/mol. The summed E-state index contributed by atoms with van der Waals surface area (Å²) in [5.41, 5.74) is 4.24. The molecule has 1 aliphatic rings. The maximum Gasteiger partial charge on any atom is 0.364 e. The number of aromatic hydroxyl groups is 1. The third kappa shape index (κ3) is 1.61. The third-order valence-electron chi connectivity index (χ3n) is 4.57. The third-order valence-corrected chi connectivity index (χ3v) is 4.57. The van der Waals surface area contributed by atoms with Crippen LogP contribution in [0.3, 0.4) is 0 Å². The van der Waals surface area contributed by atoms with Crippen LogP contribution in [-0.2, 0) is 25.4 Å². The smallest absolute Gasteiger partial charge is 0.364 e. The lowest BCUT2D eigenvalue weighted by molar-refractivity contribution is -0.702. The lowest BCUT2D eigenvalue weighted by Crippen LogP contribution is -2.45. The molecule has 0 unspecified atom stereocenters. The molecular weight excluding hydrogens is 276 g/mol. The number of hydrogen-bond acceptors (Lipinski definition) is 2. The first-order valence-electron chi connectivity index (χ1n) is 7.72. The summed E-state index contributed by atoms with van der Waals surface area (Å²) in [4.78, 5) is 0. The number of aryl methyl sites for hydroxylation is 2. The van der Waals surface area contributed by atoms with Gasteiger partial charge in [0.1, 0.15) is 5.69 Å². The van der Waals surface area contributed by atoms with E-state index in [0.717, 1.165) is 30.2 Å². The predicted molar refractivity (Wildman–Crippen MR) is 84.9 cm³/mol. The average molecular weight is 297 g/mol. The Morgan fingerprint density at radius 3 is 2.68 bits per heavy atom. The Bertz CT molecular complexity index is 894. The number of aromatic nitrogens is 2. The van der Waals surface area contributed by atoms with Crippen LogP contribution in [0.5, 0.6) is 5.95 Å². The number of benzene rings is 1. The van der Waals surface area contributed by atoms with Crippen molar-refractivity contribution in [2.24, 2.45) is 7.05 Å². The van der Waals surface area contributed by atoms with Crippen LogP contribution in [0.25, 0.3) is 22.3 Å². The fourth-order valence-electron chi connectivity index (χ4n) is 3.66. The largest absolute Gasteiger partial charge is 0.476 e. The molecule has 2 aromatic heterocycles. The van der Waals surface area contributed by atoms with E-state index in [1.807, 2.05) is 0 Å². The standard InChI is InChI=1S/C18H20N2O2/c1-18(2,3)17-20-10-9-12-11-7-5-6-8-13(11)19(4)14(12)15(20)16(21)22-17/h5-8H,9-10H2,1-4H3/p+1. The zero-order valence-corrected chi connectivity index (χ0v) is 13.5. The highest BCUT2D eigenvalue weighted by Crippen LogP contribution is 2.40. The van der Waals surface area contributed by atoms with E-state index in [-0.39, 0.29) is 11.4 Å². The van der Waals surface area contributed by atoms with E-state index >= 15 is 0 Å². The Hall–Kier alpha value is -2.23. The summed E-state index contributed by atoms with van der Waals surface area (Å²) in [6.07, 6.45) is 0.955. The van der Waals surface area contributed by atoms with Crippen molar-refractivity contribution in [2.45, 2.75) is 39.2 Å². The Balaban J connectivity index is 2.09. The number of hydrogen-bond donors (Lipinski definition) is 1. The SMILES string of the molecule is Cn1c2c(c3ccccc31)CC[n+]1c(C(C)(C)C)oc(O)c1-2. The highest BCUT2D eigenvalue weighted by atomic mass is 16.5. The van der Waals surface area contributed by atoms with Crippen LogP contribution in [0.15, 0.2) is 28.7 Å². The molecule has 3 aromatic rings. The Morgan fingerprint density at radius 1 is 1.23 bits per heavy atom. The molecule has 0 bridgehead atoms. The zero-order chi connectivity index (χ0) is 15.6. The van der Waals surface area contributed by atoms with Crippen molar-refractivity contribution in [3.8, 4) is 17.3 Å². The van der Waals surface area contributed by atoms with Crippen molar-refractivity contribution >= 4 is 10.9 Å². The van der Waals surface area contributed by atoms with Gasteiger partial charge in [-0.1, -0.05) is 18.2 Å². The van der Waals surface area contributed by atoms with E-state index in [9.17, 15) is 5.11 Å². The van der Waals surface area contributed by atoms with E-state index in [2.05, 4.69) is 61.2 Å². The fourth-order valence-corrected chi connectivity index (χ4v) is 3.66. The van der Waals surface area contributed by atoms with Gasteiger partial charge in [0.15, 0.2) is 6.54 Å². The van der Waals surface area contributed by atoms with Gasteiger partial charge in [0, 0.05) is 24.4 Å². The molecule has 114 valence electrons. The van der Waals surface area contributed by atoms with Gasteiger partial charge < -0.3 is 14.1 Å². The molecule has 4 heteroatoms. The number of para-hydroxylation sites is 1. The van der Waals surface area contributed by atoms with Crippen LogP contribution in [0, 0.1) is 0 Å². The first kappa shape index (κ1) is 13.4. The maximum atomic E-state index is 10.4. The molecule has 0 saturated heterocycles. The van der Waals surface area contributed by atoms with Crippen LogP contribution in [-0.4, -0.2) is 9.67 Å². The molecule has 4 rings (SSSR count). The summed E-state index contributed by atoms with van der Waals surface area (Å²) in [6, 6.07) is 8.41. The van der Waals surface area contributed by atoms with Crippen molar-refractivity contribution in [2.75, 3.05) is 0 Å². The first-order valence-corrected chi connectivity index (χ1v) is 7.72. The summed E-state index contributed by atoms with van der Waals surface area (Å²) >= 11 is 0. The van der Waals surface area contributed by atoms with E-state index in [1.54, 1.807) is 0 Å². The summed E-state index contributed by atoms with van der Waals surface area (Å²) in [5, 5.41) is 11.7. The molecule has 0 radical (unpaired) electrons. The average Bonchev–Trinajstić information content (AvgIpc) is 2.96. The molecule has 1 aliphatic heterocycles. The number of oxazole rings is 1. The van der Waals surface area contributed by atoms with Crippen molar-refractivity contribution in [3.63, 3.8) is 0 Å². The van der Waals surface area contributed by atoms with Crippen LogP contribution < -0.4 is 4.57 Å². The van der Waals surface area contributed by atoms with Gasteiger partial charge >= 0.3 is 17.5 Å². The molecule has 4 nitrogen and oxygen atoms in total. The lowest BCUT2D eigenvalue weighted by Gasteiger charge is -2.14. The zero-order valence-electron chi connectivity index (χ0n) is 13.5. The second-order valence-electron chi connectivity index (χ2n) is 7.12. The molecule has 0 spiro atoms. The summed E-state index contributed by atoms with van der Waals surface area (Å²) < 4.78 is 10.0. The molecule has 0 amide bonds. The van der Waals surface area contributed by atoms with Gasteiger partial charge in [0.05, 0.1) is 5.41 Å². The van der Waals surface area contributed by atoms with Gasteiger partial charge in [-0.25, -0.2) is 0 Å². The van der Waals surface area contributed by atoms with E-state index in [0.29, 0.717) is 0 Å². The van der Waals surface area contributed by atoms with Gasteiger partial charge in [-0.3, -0.25) is 0 Å². The second kappa shape index (κ2) is 4.15. The van der Waals surface area contributed by atoms with E-state index in [4.69, 9.17) is 4.42 Å². The lowest BCUT2D eigenvalue weighted by atomic mass is 9.95. The van der Waals surface area contributed by atoms with E-state index < -0.39 is 0 Å². The summed E-state index contributed by atoms with van der Waals surface area (Å²) in [5.74, 6) is 0.854. The fraction of sp³-hybridized carbons (Fsp3) is 0.389. The second-order valence-corrected chi connectivity index (χ2v) is 7.12. The van der Waals surface area contributed by atoms with Gasteiger partial charge in [0.2, 0.25) is 0 Å². The maximum absolute atomic E-state index is 10.4. The summed E-state index contributed by atoms with van der Waals surface area (Å²) in [7, 11) is 2.06. The summed E-state index contributed by atoms with van der Waals surface area (Å²) in [6.45, 7) is 7.16. The molecule has 0 fully saturated rings. The molecular formula is C18H21N2O2+. The minimum absolute atomic E-state index is 0.0248. The molecule has 0 saturated carbocycles. The topological polar surface area (TPSA) is 42.2 Å². The molecule has 0 aliphatic carbocycles. The Kier molecular flexibility index (Phi) is 2.54. The quantitative estimate of drug-likeness (QED) is 0.647. The van der Waals surface area contributed by atoms with Crippen molar-refractivity contribution in [3.05, 3.63) is 35.7 Å². The van der Waals surface area contributed by atoms with E-state index in [1.165, 1.54) is 16.5 Å². The number of fused-ring (bicyclic) bond motifs is 5. The molecule has 0 atom stereocenters. The molecule has 3 heterocycles. The molecule has 1 N–H and O–H groups in total. The van der Waals surface area contributed by atoms with Crippen molar-refractivity contribution in [1.82, 2.24) is 4.57 Å². The van der Waals surface area contributed by atoms with Gasteiger partial charge in [-0.15, -0.1) is 0 Å². The van der Waals surface area contributed by atoms with Crippen LogP contribution in [0.2, 0.25) is 0 Å². The minimum atomic E-state index is -0.141. The molecule has 22 heavy (non-hydrogen) atoms. The number of rotatable bonds is 0. The predicted octanol–water partition coefficient (Wildman–Crippen LogP) is 3.29. The normalized spacial score (nSPS) is 14.2. The first-order chi connectivity index (χ1) is 10.4. The Morgan fingerprint density at radius 2 is 1.95 bits per heavy atom. The van der Waals surface area contributed by atoms with Gasteiger partial charge in [0.25, 0.3) is 0 Å². The number of nitrogens with zero attached hydrogens (tertiary/aromatic N) is 2. The minimum Gasteiger partial charge on any atom is -0.476 e. The van der Waals surface area contributed by atoms with Crippen LogP contribution >= 0.6 is 0 Å². The van der Waals surface area contributed by atoms with Gasteiger partial charge in [-0.2, -0.15) is 4.57 Å².